The van der Waals surface area contributed by atoms with Crippen LogP contribution in [0.5, 0.6) is 5.75 Å². The lowest BCUT2D eigenvalue weighted by Gasteiger charge is -2.19. The van der Waals surface area contributed by atoms with Crippen molar-refractivity contribution < 1.29 is 19.1 Å². The Morgan fingerprint density at radius 2 is 1.68 bits per heavy atom. The first-order valence-electron chi connectivity index (χ1n) is 10.4. The van der Waals surface area contributed by atoms with E-state index in [-0.39, 0.29) is 11.0 Å². The molecule has 0 saturated carbocycles. The number of benzene rings is 2. The molecule has 8 heteroatoms. The first kappa shape index (κ1) is 22.7. The lowest BCUT2D eigenvalue weighted by Crippen LogP contribution is -2.35. The molecule has 1 heterocycles. The number of nitrogens with zero attached hydrogens (tertiary/aromatic N) is 1. The highest BCUT2D eigenvalue weighted by molar-refractivity contribution is 7.80. The maximum Gasteiger partial charge on any atom is 0.261 e. The predicted octanol–water partition coefficient (Wildman–Crippen LogP) is 3.46. The van der Waals surface area contributed by atoms with E-state index in [1.807, 2.05) is 24.0 Å². The summed E-state index contributed by atoms with van der Waals surface area (Å²) in [4.78, 5) is 27.4. The largest absolute Gasteiger partial charge is 0.490 e. The van der Waals surface area contributed by atoms with Gasteiger partial charge in [-0.05, 0) is 56.2 Å². The van der Waals surface area contributed by atoms with Gasteiger partial charge in [0.05, 0.1) is 23.4 Å². The van der Waals surface area contributed by atoms with Gasteiger partial charge in [-0.2, -0.15) is 0 Å². The molecule has 2 amide bonds. The number of anilines is 1. The van der Waals surface area contributed by atoms with Crippen LogP contribution < -0.4 is 15.4 Å². The van der Waals surface area contributed by atoms with Gasteiger partial charge in [0.15, 0.2) is 5.11 Å². The second-order valence-corrected chi connectivity index (χ2v) is 7.40. The molecular weight excluding hydrogens is 414 g/mol. The Morgan fingerprint density at radius 3 is 2.42 bits per heavy atom. The lowest BCUT2D eigenvalue weighted by molar-refractivity contribution is 0.0793. The van der Waals surface area contributed by atoms with Gasteiger partial charge in [-0.25, -0.2) is 0 Å². The van der Waals surface area contributed by atoms with Gasteiger partial charge in [0.1, 0.15) is 12.4 Å². The van der Waals surface area contributed by atoms with E-state index in [1.165, 1.54) is 0 Å². The molecule has 0 atom stereocenters. The predicted molar refractivity (Wildman–Crippen MR) is 124 cm³/mol. The molecular formula is C23H27N3O4S. The molecule has 1 saturated heterocycles. The summed E-state index contributed by atoms with van der Waals surface area (Å²) < 4.78 is 10.9. The number of rotatable bonds is 8. The number of amides is 2. The fourth-order valence-corrected chi connectivity index (χ4v) is 3.53. The number of nitrogens with one attached hydrogen (secondary N) is 2. The van der Waals surface area contributed by atoms with Gasteiger partial charge in [-0.3, -0.25) is 14.9 Å². The summed E-state index contributed by atoms with van der Waals surface area (Å²) in [6.45, 7) is 4.81. The quantitative estimate of drug-likeness (QED) is 0.482. The molecule has 1 aliphatic rings. The summed E-state index contributed by atoms with van der Waals surface area (Å²) in [6.07, 6.45) is 2.03. The second kappa shape index (κ2) is 11.4. The molecule has 0 bridgehead atoms. The molecule has 31 heavy (non-hydrogen) atoms. The number of carbonyl (C=O) groups is 2. The average Bonchev–Trinajstić information content (AvgIpc) is 3.32. The molecule has 2 aromatic carbocycles. The van der Waals surface area contributed by atoms with Crippen LogP contribution in [0.15, 0.2) is 48.5 Å². The number of carbonyl (C=O) groups excluding carboxylic acids is 2. The summed E-state index contributed by atoms with van der Waals surface area (Å²) in [5.41, 5.74) is 1.45. The number of likely N-dealkylation sites (tertiary alicyclic amines) is 1. The zero-order chi connectivity index (χ0) is 22.1. The molecule has 164 valence electrons. The Bertz CT molecular complexity index is 929. The van der Waals surface area contributed by atoms with Crippen LogP contribution in [0.25, 0.3) is 0 Å². The minimum Gasteiger partial charge on any atom is -0.490 e. The highest BCUT2D eigenvalue weighted by Crippen LogP contribution is 2.21. The SMILES string of the molecule is CCOCCOc1ccccc1C(=O)NC(=S)Nc1ccccc1C(=O)N1CCCC1. The smallest absolute Gasteiger partial charge is 0.261 e. The summed E-state index contributed by atoms with van der Waals surface area (Å²) >= 11 is 5.33. The van der Waals surface area contributed by atoms with Crippen molar-refractivity contribution in [3.05, 3.63) is 59.7 Å². The Balaban J connectivity index is 1.64. The maximum atomic E-state index is 12.8. The van der Waals surface area contributed by atoms with Crippen LogP contribution in [0.4, 0.5) is 5.69 Å². The van der Waals surface area contributed by atoms with Crippen LogP contribution in [0, 0.1) is 0 Å². The van der Waals surface area contributed by atoms with E-state index in [4.69, 9.17) is 21.7 Å². The summed E-state index contributed by atoms with van der Waals surface area (Å²) in [5, 5.41) is 5.76. The molecule has 2 N–H and O–H groups in total. The van der Waals surface area contributed by atoms with Gasteiger partial charge in [-0.15, -0.1) is 0 Å². The van der Waals surface area contributed by atoms with Crippen molar-refractivity contribution in [2.45, 2.75) is 19.8 Å². The normalized spacial score (nSPS) is 13.0. The summed E-state index contributed by atoms with van der Waals surface area (Å²) in [5.74, 6) is 0.0164. The first-order chi connectivity index (χ1) is 15.1. The fourth-order valence-electron chi connectivity index (χ4n) is 3.33. The topological polar surface area (TPSA) is 79.9 Å². The molecule has 0 aromatic heterocycles. The van der Waals surface area contributed by atoms with Gasteiger partial charge < -0.3 is 19.7 Å². The van der Waals surface area contributed by atoms with Crippen molar-refractivity contribution in [3.63, 3.8) is 0 Å². The van der Waals surface area contributed by atoms with Crippen LogP contribution in [0.1, 0.15) is 40.5 Å². The van der Waals surface area contributed by atoms with Gasteiger partial charge >= 0.3 is 0 Å². The molecule has 2 aromatic rings. The highest BCUT2D eigenvalue weighted by Gasteiger charge is 2.22. The average molecular weight is 442 g/mol. The van der Waals surface area contributed by atoms with Gasteiger partial charge in [0.2, 0.25) is 0 Å². The van der Waals surface area contributed by atoms with E-state index in [0.717, 1.165) is 25.9 Å². The minimum atomic E-state index is -0.395. The van der Waals surface area contributed by atoms with E-state index in [0.29, 0.717) is 42.4 Å². The van der Waals surface area contributed by atoms with Crippen LogP contribution in [-0.2, 0) is 4.74 Å². The number of ether oxygens (including phenoxy) is 2. The molecule has 0 unspecified atom stereocenters. The lowest BCUT2D eigenvalue weighted by atomic mass is 10.1. The highest BCUT2D eigenvalue weighted by atomic mass is 32.1. The van der Waals surface area contributed by atoms with Crippen LogP contribution in [0.2, 0.25) is 0 Å². The van der Waals surface area contributed by atoms with Crippen LogP contribution in [0.3, 0.4) is 0 Å². The molecule has 0 aliphatic carbocycles. The van der Waals surface area contributed by atoms with Crippen molar-refractivity contribution >= 4 is 34.8 Å². The van der Waals surface area contributed by atoms with Gasteiger partial charge in [-0.1, -0.05) is 24.3 Å². The van der Waals surface area contributed by atoms with Crippen LogP contribution in [-0.4, -0.2) is 54.7 Å². The van der Waals surface area contributed by atoms with Gasteiger partial charge in [0, 0.05) is 19.7 Å². The second-order valence-electron chi connectivity index (χ2n) is 6.99. The van der Waals surface area contributed by atoms with Crippen LogP contribution >= 0.6 is 12.2 Å². The summed E-state index contributed by atoms with van der Waals surface area (Å²) in [7, 11) is 0. The monoisotopic (exact) mass is 441 g/mol. The third-order valence-corrected chi connectivity index (χ3v) is 5.05. The first-order valence-corrected chi connectivity index (χ1v) is 10.8. The van der Waals surface area contributed by atoms with Crippen molar-refractivity contribution in [1.29, 1.82) is 0 Å². The van der Waals surface area contributed by atoms with E-state index in [2.05, 4.69) is 10.6 Å². The fraction of sp³-hybridized carbons (Fsp3) is 0.348. The summed E-state index contributed by atoms with van der Waals surface area (Å²) in [6, 6.07) is 14.1. The van der Waals surface area contributed by atoms with Crippen molar-refractivity contribution in [3.8, 4) is 5.75 Å². The molecule has 0 radical (unpaired) electrons. The third-order valence-electron chi connectivity index (χ3n) is 4.85. The Labute approximate surface area is 187 Å². The maximum absolute atomic E-state index is 12.8. The third kappa shape index (κ3) is 6.26. The number of para-hydroxylation sites is 2. The van der Waals surface area contributed by atoms with Crippen molar-refractivity contribution in [1.82, 2.24) is 10.2 Å². The Hall–Kier alpha value is -2.97. The Kier molecular flexibility index (Phi) is 8.37. The zero-order valence-corrected chi connectivity index (χ0v) is 18.4. The van der Waals surface area contributed by atoms with Crippen molar-refractivity contribution in [2.75, 3.05) is 38.2 Å². The molecule has 1 fully saturated rings. The standard InChI is InChI=1S/C23H27N3O4S/c1-2-29-15-16-30-20-12-6-4-10-18(20)21(27)25-23(31)24-19-11-5-3-9-17(19)22(28)26-13-7-8-14-26/h3-6,9-12H,2,7-8,13-16H2,1H3,(H2,24,25,27,31). The minimum absolute atomic E-state index is 0.0391. The zero-order valence-electron chi connectivity index (χ0n) is 17.6. The Morgan fingerprint density at radius 1 is 1.00 bits per heavy atom. The molecule has 7 nitrogen and oxygen atoms in total. The van der Waals surface area contributed by atoms with E-state index >= 15 is 0 Å². The van der Waals surface area contributed by atoms with E-state index in [1.54, 1.807) is 36.4 Å². The number of thiocarbonyl (C=S) groups is 1. The molecule has 0 spiro atoms. The van der Waals surface area contributed by atoms with E-state index in [9.17, 15) is 9.59 Å². The molecule has 1 aliphatic heterocycles. The van der Waals surface area contributed by atoms with Gasteiger partial charge in [0.25, 0.3) is 11.8 Å². The van der Waals surface area contributed by atoms with Crippen molar-refractivity contribution in [2.24, 2.45) is 0 Å². The van der Waals surface area contributed by atoms with E-state index < -0.39 is 5.91 Å². The molecule has 3 rings (SSSR count). The number of hydrogen-bond donors (Lipinski definition) is 2. The number of hydrogen-bond acceptors (Lipinski definition) is 5.